The Morgan fingerprint density at radius 1 is 1.11 bits per heavy atom. The molecule has 1 aliphatic rings. The molecule has 11 heteroatoms. The molecule has 8 nitrogen and oxygen atoms in total. The average molecular weight is 569 g/mol. The fraction of sp³-hybridized carbons (Fsp3) is 0.333. The van der Waals surface area contributed by atoms with Gasteiger partial charge in [-0.3, -0.25) is 18.7 Å². The van der Waals surface area contributed by atoms with E-state index in [2.05, 4.69) is 0 Å². The van der Waals surface area contributed by atoms with E-state index in [9.17, 15) is 9.59 Å². The van der Waals surface area contributed by atoms with Crippen LogP contribution < -0.4 is 10.3 Å². The van der Waals surface area contributed by atoms with Gasteiger partial charge in [0, 0.05) is 13.1 Å². The number of hydrogen-bond acceptors (Lipinski definition) is 8. The van der Waals surface area contributed by atoms with E-state index in [4.69, 9.17) is 26.7 Å². The topological polar surface area (TPSA) is 78.6 Å². The Morgan fingerprint density at radius 2 is 1.82 bits per heavy atom. The molecule has 1 fully saturated rings. The summed E-state index contributed by atoms with van der Waals surface area (Å²) in [4.78, 5) is 34.3. The molecule has 2 aromatic carbocycles. The number of hydrogen-bond donors (Lipinski definition) is 0. The summed E-state index contributed by atoms with van der Waals surface area (Å²) in [5, 5.41) is 0.0378. The van der Waals surface area contributed by atoms with Crippen LogP contribution in [0.3, 0.4) is 0 Å². The number of thioether (sulfide) groups is 1. The minimum absolute atomic E-state index is 0.0265. The fourth-order valence-electron chi connectivity index (χ4n) is 4.37. The number of aromatic nitrogens is 3. The van der Waals surface area contributed by atoms with Crippen molar-refractivity contribution < 1.29 is 14.3 Å². The second kappa shape index (κ2) is 11.8. The van der Waals surface area contributed by atoms with Gasteiger partial charge in [-0.15, -0.1) is 0 Å². The Balaban J connectivity index is 1.69. The van der Waals surface area contributed by atoms with Crippen molar-refractivity contribution >= 4 is 51.6 Å². The second-order valence-corrected chi connectivity index (χ2v) is 11.4. The van der Waals surface area contributed by atoms with E-state index in [1.807, 2.05) is 73.3 Å². The predicted octanol–water partition coefficient (Wildman–Crippen LogP) is 5.10. The number of benzene rings is 2. The zero-order valence-electron chi connectivity index (χ0n) is 21.2. The maximum atomic E-state index is 14.0. The van der Waals surface area contributed by atoms with E-state index >= 15 is 0 Å². The highest BCUT2D eigenvalue weighted by Crippen LogP contribution is 2.33. The molecule has 1 atom stereocenters. The summed E-state index contributed by atoms with van der Waals surface area (Å²) >= 11 is 8.28. The van der Waals surface area contributed by atoms with Crippen LogP contribution >= 0.6 is 35.3 Å². The number of carbonyl (C=O) groups excluding carboxylic acids is 1. The van der Waals surface area contributed by atoms with Crippen LogP contribution in [-0.4, -0.2) is 63.1 Å². The average Bonchev–Trinajstić information content (AvgIpc) is 3.28. The van der Waals surface area contributed by atoms with Gasteiger partial charge >= 0.3 is 0 Å². The lowest BCUT2D eigenvalue weighted by molar-refractivity contribution is -0.134. The van der Waals surface area contributed by atoms with Crippen molar-refractivity contribution in [2.45, 2.75) is 30.7 Å². The van der Waals surface area contributed by atoms with Gasteiger partial charge in [-0.2, -0.15) is 0 Å². The molecular formula is C27H28N4O4S3. The highest BCUT2D eigenvalue weighted by atomic mass is 32.2. The van der Waals surface area contributed by atoms with Crippen LogP contribution in [-0.2, 0) is 9.53 Å². The van der Waals surface area contributed by atoms with Crippen molar-refractivity contribution in [3.05, 3.63) is 68.9 Å². The van der Waals surface area contributed by atoms with Crippen LogP contribution in [0.2, 0.25) is 0 Å². The molecule has 1 saturated heterocycles. The third-order valence-electron chi connectivity index (χ3n) is 6.21. The highest BCUT2D eigenvalue weighted by molar-refractivity contribution is 8.00. The molecule has 1 aliphatic heterocycles. The molecule has 1 amide bonds. The summed E-state index contributed by atoms with van der Waals surface area (Å²) in [6.07, 6.45) is 0.590. The zero-order valence-corrected chi connectivity index (χ0v) is 23.6. The van der Waals surface area contributed by atoms with Crippen LogP contribution in [0.25, 0.3) is 21.7 Å². The van der Waals surface area contributed by atoms with E-state index in [-0.39, 0.29) is 11.5 Å². The van der Waals surface area contributed by atoms with E-state index in [1.165, 1.54) is 23.1 Å². The molecule has 198 valence electrons. The monoisotopic (exact) mass is 568 g/mol. The van der Waals surface area contributed by atoms with Crippen LogP contribution in [0.4, 0.5) is 0 Å². The Morgan fingerprint density at radius 3 is 2.53 bits per heavy atom. The first-order valence-corrected chi connectivity index (χ1v) is 14.6. The molecule has 0 radical (unpaired) electrons. The van der Waals surface area contributed by atoms with Gasteiger partial charge < -0.3 is 14.4 Å². The van der Waals surface area contributed by atoms with E-state index < -0.39 is 5.25 Å². The number of para-hydroxylation sites is 3. The largest absolute Gasteiger partial charge is 0.492 e. The molecule has 0 bridgehead atoms. The van der Waals surface area contributed by atoms with E-state index in [0.29, 0.717) is 70.2 Å². The van der Waals surface area contributed by atoms with Gasteiger partial charge in [0.1, 0.15) is 10.4 Å². The molecule has 0 spiro atoms. The normalized spacial score (nSPS) is 14.5. The van der Waals surface area contributed by atoms with Crippen LogP contribution in [0, 0.1) is 3.95 Å². The maximum absolute atomic E-state index is 14.0. The van der Waals surface area contributed by atoms with Crippen molar-refractivity contribution in [2.75, 3.05) is 32.9 Å². The Kier molecular flexibility index (Phi) is 8.27. The summed E-state index contributed by atoms with van der Waals surface area (Å²) < 4.78 is 15.6. The lowest BCUT2D eigenvalue weighted by Crippen LogP contribution is -2.44. The summed E-state index contributed by atoms with van der Waals surface area (Å²) in [5.41, 5.74) is 1.65. The lowest BCUT2D eigenvalue weighted by atomic mass is 10.2. The number of morpholine rings is 1. The molecule has 2 aromatic heterocycles. The lowest BCUT2D eigenvalue weighted by Gasteiger charge is -2.30. The van der Waals surface area contributed by atoms with Gasteiger partial charge in [-0.25, -0.2) is 4.98 Å². The van der Waals surface area contributed by atoms with Gasteiger partial charge in [0.25, 0.3) is 5.56 Å². The Labute approximate surface area is 233 Å². The third kappa shape index (κ3) is 5.15. The number of amides is 1. The summed E-state index contributed by atoms with van der Waals surface area (Å²) in [6.45, 7) is 6.57. The first kappa shape index (κ1) is 26.6. The number of fused-ring (bicyclic) bond motifs is 1. The van der Waals surface area contributed by atoms with Crippen molar-refractivity contribution in [1.29, 1.82) is 0 Å². The van der Waals surface area contributed by atoms with E-state index in [1.54, 1.807) is 9.13 Å². The summed E-state index contributed by atoms with van der Waals surface area (Å²) in [7, 11) is 0. The first-order chi connectivity index (χ1) is 18.5. The van der Waals surface area contributed by atoms with Crippen LogP contribution in [0.1, 0.15) is 20.3 Å². The molecule has 0 unspecified atom stereocenters. The fourth-order valence-corrected chi connectivity index (χ4v) is 6.77. The number of rotatable bonds is 8. The molecule has 3 heterocycles. The summed E-state index contributed by atoms with van der Waals surface area (Å²) in [5.74, 6) is 0.682. The predicted molar refractivity (Wildman–Crippen MR) is 154 cm³/mol. The number of carbonyl (C=O) groups is 1. The van der Waals surface area contributed by atoms with Crippen LogP contribution in [0.15, 0.2) is 64.5 Å². The summed E-state index contributed by atoms with van der Waals surface area (Å²) in [6, 6.07) is 17.0. The molecule has 4 aromatic rings. The standard InChI is InChI=1S/C27H28N4O4S3/c1-3-21(24(32)29-14-16-34-17-15-29)37-26-28-23-22(25(33)30(26)18-10-6-5-7-11-18)38-27(36)31(23)19-12-8-9-13-20(19)35-4-2/h5-13,21H,3-4,14-17H2,1-2H3/t21-/m0/s1. The van der Waals surface area contributed by atoms with Crippen LogP contribution in [0.5, 0.6) is 5.75 Å². The van der Waals surface area contributed by atoms with Gasteiger partial charge in [0.15, 0.2) is 14.8 Å². The van der Waals surface area contributed by atoms with Crippen molar-refractivity contribution in [3.8, 4) is 17.1 Å². The quantitative estimate of drug-likeness (QED) is 0.166. The number of thiazole rings is 1. The van der Waals surface area contributed by atoms with Gasteiger partial charge in [0.2, 0.25) is 5.91 Å². The minimum Gasteiger partial charge on any atom is -0.492 e. The van der Waals surface area contributed by atoms with Gasteiger partial charge in [-0.1, -0.05) is 60.4 Å². The second-order valence-electron chi connectivity index (χ2n) is 8.58. The number of nitrogens with zero attached hydrogens (tertiary/aromatic N) is 4. The highest BCUT2D eigenvalue weighted by Gasteiger charge is 2.28. The number of ether oxygens (including phenoxy) is 2. The maximum Gasteiger partial charge on any atom is 0.278 e. The molecule has 38 heavy (non-hydrogen) atoms. The van der Waals surface area contributed by atoms with Gasteiger partial charge in [0.05, 0.1) is 36.4 Å². The Hall–Kier alpha value is -2.99. The minimum atomic E-state index is -0.404. The van der Waals surface area contributed by atoms with Crippen molar-refractivity contribution in [2.24, 2.45) is 0 Å². The molecular weight excluding hydrogens is 541 g/mol. The van der Waals surface area contributed by atoms with Crippen molar-refractivity contribution in [1.82, 2.24) is 19.0 Å². The Bertz CT molecular complexity index is 1560. The molecule has 5 rings (SSSR count). The third-order valence-corrected chi connectivity index (χ3v) is 8.87. The van der Waals surface area contributed by atoms with Gasteiger partial charge in [-0.05, 0) is 49.8 Å². The smallest absolute Gasteiger partial charge is 0.278 e. The molecule has 0 aliphatic carbocycles. The zero-order chi connectivity index (χ0) is 26.6. The van der Waals surface area contributed by atoms with Crippen molar-refractivity contribution in [3.63, 3.8) is 0 Å². The first-order valence-electron chi connectivity index (χ1n) is 12.5. The molecule has 0 saturated carbocycles. The SMILES string of the molecule is CCOc1ccccc1-n1c(=S)sc2c(=O)n(-c3ccccc3)c(S[C@@H](CC)C(=O)N3CCOCC3)nc21. The van der Waals surface area contributed by atoms with E-state index in [0.717, 1.165) is 5.69 Å². The molecule has 0 N–H and O–H groups in total.